The topological polar surface area (TPSA) is 132 Å². The molecule has 2 aliphatic rings. The quantitative estimate of drug-likeness (QED) is 0.167. The van der Waals surface area contributed by atoms with Crippen LogP contribution in [0.25, 0.3) is 50.4 Å². The van der Waals surface area contributed by atoms with Crippen LogP contribution in [0.4, 0.5) is 0 Å². The highest BCUT2D eigenvalue weighted by Crippen LogP contribution is 2.39. The molecule has 0 amide bonds. The zero-order valence-corrected chi connectivity index (χ0v) is 25.9. The number of carboxylic acid groups (broad SMARTS) is 2. The van der Waals surface area contributed by atoms with Crippen molar-refractivity contribution in [2.75, 3.05) is 0 Å². The molecule has 0 spiro atoms. The van der Waals surface area contributed by atoms with Gasteiger partial charge in [0.05, 0.1) is 22.8 Å². The number of thiol groups is 1. The highest BCUT2D eigenvalue weighted by atomic mass is 32.1. The molecule has 2 aliphatic heterocycles. The van der Waals surface area contributed by atoms with E-state index in [2.05, 4.69) is 29.5 Å². The summed E-state index contributed by atoms with van der Waals surface area (Å²) < 4.78 is 0. The Morgan fingerprint density at radius 1 is 0.791 bits per heavy atom. The predicted molar refractivity (Wildman–Crippen MR) is 177 cm³/mol. The summed E-state index contributed by atoms with van der Waals surface area (Å²) in [4.78, 5) is 40.2. The molecule has 0 aromatic carbocycles. The minimum absolute atomic E-state index is 0.0363. The Balaban J connectivity index is 1.94. The lowest BCUT2D eigenvalue weighted by atomic mass is 9.98. The van der Waals surface area contributed by atoms with E-state index in [9.17, 15) is 19.8 Å². The Morgan fingerprint density at radius 2 is 1.28 bits per heavy atom. The van der Waals surface area contributed by atoms with Gasteiger partial charge >= 0.3 is 11.9 Å². The summed E-state index contributed by atoms with van der Waals surface area (Å²) in [7, 11) is 0. The second-order valence-corrected chi connectivity index (χ2v) is 12.0. The number of aliphatic carboxylic acids is 2. The molecule has 3 aromatic heterocycles. The lowest BCUT2D eigenvalue weighted by molar-refractivity contribution is -0.137. The number of aryl methyl sites for hydroxylation is 2. The average molecular weight is 597 g/mol. The first-order valence-corrected chi connectivity index (χ1v) is 14.8. The Labute approximate surface area is 255 Å². The number of H-pyrrole nitrogens is 2. The summed E-state index contributed by atoms with van der Waals surface area (Å²) in [5.74, 6) is -1.77. The van der Waals surface area contributed by atoms with Crippen LogP contribution in [0.3, 0.4) is 0 Å². The van der Waals surface area contributed by atoms with E-state index in [1.807, 2.05) is 52.0 Å². The third-order valence-electron chi connectivity index (χ3n) is 8.43. The van der Waals surface area contributed by atoms with E-state index < -0.39 is 11.9 Å². The van der Waals surface area contributed by atoms with Crippen LogP contribution in [-0.2, 0) is 9.59 Å². The largest absolute Gasteiger partial charge is 0.481 e. The van der Waals surface area contributed by atoms with Gasteiger partial charge in [-0.1, -0.05) is 12.7 Å². The molecule has 222 valence electrons. The van der Waals surface area contributed by atoms with E-state index in [1.165, 1.54) is 0 Å². The van der Waals surface area contributed by atoms with E-state index in [-0.39, 0.29) is 18.1 Å². The zero-order chi connectivity index (χ0) is 31.2. The van der Waals surface area contributed by atoms with Gasteiger partial charge in [-0.3, -0.25) is 9.59 Å². The van der Waals surface area contributed by atoms with Gasteiger partial charge in [-0.2, -0.15) is 12.6 Å². The van der Waals surface area contributed by atoms with Crippen LogP contribution < -0.4 is 0 Å². The number of allylic oxidation sites excluding steroid dienone is 4. The van der Waals surface area contributed by atoms with Gasteiger partial charge in [-0.05, 0) is 111 Å². The monoisotopic (exact) mass is 596 g/mol. The second-order valence-electron chi connectivity index (χ2n) is 11.2. The van der Waals surface area contributed by atoms with Gasteiger partial charge in [0.1, 0.15) is 0 Å². The van der Waals surface area contributed by atoms with Crippen LogP contribution in [0.15, 0.2) is 30.8 Å². The molecule has 43 heavy (non-hydrogen) atoms. The van der Waals surface area contributed by atoms with E-state index in [0.717, 1.165) is 78.0 Å². The number of hydrogen-bond donors (Lipinski definition) is 5. The van der Waals surface area contributed by atoms with E-state index in [0.29, 0.717) is 24.2 Å². The molecule has 5 rings (SSSR count). The fourth-order valence-corrected chi connectivity index (χ4v) is 6.37. The number of nitrogens with zero attached hydrogens (tertiary/aromatic N) is 2. The first kappa shape index (κ1) is 30.1. The lowest BCUT2D eigenvalue weighted by Crippen LogP contribution is -1.97. The minimum Gasteiger partial charge on any atom is -0.481 e. The highest BCUT2D eigenvalue weighted by Gasteiger charge is 2.23. The Kier molecular flexibility index (Phi) is 8.21. The standard InChI is InChI=1S/C34H36N4O4S/c1-7-21-16(2)24-12-25-17(3)22(8-10-32(39)40)29(36-25)15-30-23(9-11-33(41)42)18(4)26(37-30)14-31-34(20(6)43)19(5)27(38-31)13-28(21)35-24/h7,12-15,20,35,38,43H,1,8-11H2,2-6H3,(H,39,40)(H,41,42)/t20-/m0/s1. The first-order chi connectivity index (χ1) is 20.4. The van der Waals surface area contributed by atoms with Crippen molar-refractivity contribution in [3.05, 3.63) is 75.9 Å². The van der Waals surface area contributed by atoms with Crippen molar-refractivity contribution >= 4 is 75.0 Å². The molecule has 4 N–H and O–H groups in total. The number of carboxylic acids is 2. The average Bonchev–Trinajstić information content (AvgIpc) is 3.59. The van der Waals surface area contributed by atoms with Crippen molar-refractivity contribution < 1.29 is 19.8 Å². The molecule has 3 aromatic rings. The first-order valence-electron chi connectivity index (χ1n) is 14.3. The molecular formula is C34H36N4O4S. The summed E-state index contributed by atoms with van der Waals surface area (Å²) in [6, 6.07) is 7.95. The number of aromatic nitrogens is 4. The van der Waals surface area contributed by atoms with Gasteiger partial charge in [-0.25, -0.2) is 9.97 Å². The summed E-state index contributed by atoms with van der Waals surface area (Å²) in [6.07, 6.45) is 2.39. The van der Waals surface area contributed by atoms with Crippen LogP contribution in [0.1, 0.15) is 96.7 Å². The van der Waals surface area contributed by atoms with E-state index in [4.69, 9.17) is 22.6 Å². The highest BCUT2D eigenvalue weighted by molar-refractivity contribution is 7.80. The maximum atomic E-state index is 11.6. The number of carbonyl (C=O) groups is 2. The van der Waals surface area contributed by atoms with Gasteiger partial charge in [0.2, 0.25) is 0 Å². The second kappa shape index (κ2) is 11.7. The van der Waals surface area contributed by atoms with Crippen LogP contribution in [0.5, 0.6) is 0 Å². The Bertz CT molecular complexity index is 1920. The molecule has 9 heteroatoms. The minimum atomic E-state index is -0.887. The molecule has 1 atom stereocenters. The third-order valence-corrected chi connectivity index (χ3v) is 8.69. The summed E-state index contributed by atoms with van der Waals surface area (Å²) in [5.41, 5.74) is 14.0. The van der Waals surface area contributed by atoms with Crippen molar-refractivity contribution in [2.45, 2.75) is 65.6 Å². The zero-order valence-electron chi connectivity index (χ0n) is 25.1. The number of hydrogen-bond acceptors (Lipinski definition) is 5. The predicted octanol–water partition coefficient (Wildman–Crippen LogP) is 8.16. The Hall–Kier alpha value is -4.37. The van der Waals surface area contributed by atoms with Gasteiger partial charge in [0, 0.05) is 45.7 Å². The number of aromatic amines is 2. The molecular weight excluding hydrogens is 560 g/mol. The molecule has 5 heterocycles. The van der Waals surface area contributed by atoms with Gasteiger partial charge in [0.15, 0.2) is 0 Å². The third kappa shape index (κ3) is 5.69. The number of nitrogens with one attached hydrogen (secondary N) is 2. The van der Waals surface area contributed by atoms with Crippen molar-refractivity contribution in [1.29, 1.82) is 0 Å². The van der Waals surface area contributed by atoms with Crippen LogP contribution in [0.2, 0.25) is 0 Å². The molecule has 0 unspecified atom stereocenters. The molecule has 0 saturated carbocycles. The molecule has 0 aliphatic carbocycles. The summed E-state index contributed by atoms with van der Waals surface area (Å²) in [6.45, 7) is 14.1. The summed E-state index contributed by atoms with van der Waals surface area (Å²) in [5, 5.41) is 18.9. The van der Waals surface area contributed by atoms with Crippen LogP contribution in [-0.4, -0.2) is 42.1 Å². The maximum absolute atomic E-state index is 11.6. The smallest absolute Gasteiger partial charge is 0.303 e. The fourth-order valence-electron chi connectivity index (χ4n) is 6.04. The van der Waals surface area contributed by atoms with Crippen molar-refractivity contribution in [2.24, 2.45) is 0 Å². The molecule has 0 saturated heterocycles. The van der Waals surface area contributed by atoms with Gasteiger partial charge < -0.3 is 20.2 Å². The number of fused-ring (bicyclic) bond motifs is 8. The van der Waals surface area contributed by atoms with E-state index in [1.54, 1.807) is 0 Å². The molecule has 0 radical (unpaired) electrons. The van der Waals surface area contributed by atoms with Gasteiger partial charge in [-0.15, -0.1) is 0 Å². The van der Waals surface area contributed by atoms with Crippen molar-refractivity contribution in [3.8, 4) is 0 Å². The van der Waals surface area contributed by atoms with Crippen molar-refractivity contribution in [3.63, 3.8) is 0 Å². The molecule has 8 bridgehead atoms. The molecule has 0 fully saturated rings. The normalized spacial score (nSPS) is 13.9. The summed E-state index contributed by atoms with van der Waals surface area (Å²) >= 11 is 4.80. The van der Waals surface area contributed by atoms with Gasteiger partial charge in [0.25, 0.3) is 0 Å². The van der Waals surface area contributed by atoms with E-state index >= 15 is 0 Å². The Morgan fingerprint density at radius 3 is 1.77 bits per heavy atom. The maximum Gasteiger partial charge on any atom is 0.303 e. The SMILES string of the molecule is C=Cc1c(C)c2cc3nc(cc4nc(cc5[nH]c(cc1[nH]2)c(C)c5[C@H](C)S)C(C)=C4CCC(=O)O)C(CCC(=O)O)=C3C. The van der Waals surface area contributed by atoms with Crippen molar-refractivity contribution in [1.82, 2.24) is 19.9 Å². The fraction of sp³-hybridized carbons (Fsp3) is 0.294. The lowest BCUT2D eigenvalue weighted by Gasteiger charge is -2.05. The molecule has 8 nitrogen and oxygen atoms in total. The number of rotatable bonds is 8. The van der Waals surface area contributed by atoms with Crippen LogP contribution >= 0.6 is 12.6 Å². The van der Waals surface area contributed by atoms with Crippen LogP contribution in [0, 0.1) is 13.8 Å².